The molecule has 0 aliphatic heterocycles. The van der Waals surface area contributed by atoms with Gasteiger partial charge < -0.3 is 14.6 Å². The zero-order valence-corrected chi connectivity index (χ0v) is 20.6. The summed E-state index contributed by atoms with van der Waals surface area (Å²) in [5, 5.41) is 9.42. The first-order chi connectivity index (χ1) is 15.8. The molecule has 0 aliphatic rings. The van der Waals surface area contributed by atoms with Gasteiger partial charge in [-0.2, -0.15) is 0 Å². The van der Waals surface area contributed by atoms with Crippen molar-refractivity contribution in [1.29, 1.82) is 0 Å². The highest BCUT2D eigenvalue weighted by atomic mass is 16.6. The molecule has 1 rings (SSSR count). The van der Waals surface area contributed by atoms with Crippen LogP contribution in [-0.2, 0) is 20.9 Å². The summed E-state index contributed by atoms with van der Waals surface area (Å²) < 4.78 is 10.9. The molecule has 0 radical (unpaired) electrons. The molecule has 1 aromatic carbocycles. The Labute approximate surface area is 197 Å². The number of carbonyl (C=O) groups excluding carboxylic acids is 1. The lowest BCUT2D eigenvalue weighted by molar-refractivity contribution is -0.155. The van der Waals surface area contributed by atoms with Gasteiger partial charge in [0, 0.05) is 6.42 Å². The van der Waals surface area contributed by atoms with Crippen molar-refractivity contribution in [2.24, 2.45) is 0 Å². The van der Waals surface area contributed by atoms with E-state index in [0.29, 0.717) is 13.0 Å². The average Bonchev–Trinajstić information content (AvgIpc) is 2.81. The summed E-state index contributed by atoms with van der Waals surface area (Å²) in [6, 6.07) is 9.84. The second-order valence-electron chi connectivity index (χ2n) is 8.99. The van der Waals surface area contributed by atoms with Crippen molar-refractivity contribution in [2.45, 2.75) is 122 Å². The maximum Gasteiger partial charge on any atom is 0.306 e. The van der Waals surface area contributed by atoms with Gasteiger partial charge in [-0.05, 0) is 12.0 Å². The summed E-state index contributed by atoms with van der Waals surface area (Å²) in [7, 11) is 0. The summed E-state index contributed by atoms with van der Waals surface area (Å²) in [4.78, 5) is 12.0. The Morgan fingerprint density at radius 3 is 1.78 bits per heavy atom. The highest BCUT2D eigenvalue weighted by Crippen LogP contribution is 2.14. The van der Waals surface area contributed by atoms with Crippen molar-refractivity contribution in [3.63, 3.8) is 0 Å². The molecule has 0 saturated heterocycles. The van der Waals surface area contributed by atoms with Gasteiger partial charge in [0.25, 0.3) is 0 Å². The Balaban J connectivity index is 1.88. The van der Waals surface area contributed by atoms with Crippen LogP contribution in [0.3, 0.4) is 0 Å². The Kier molecular flexibility index (Phi) is 19.2. The van der Waals surface area contributed by atoms with Gasteiger partial charge in [-0.3, -0.25) is 4.79 Å². The van der Waals surface area contributed by atoms with Crippen LogP contribution in [0.25, 0.3) is 0 Å². The summed E-state index contributed by atoms with van der Waals surface area (Å²) in [6.45, 7) is 2.73. The summed E-state index contributed by atoms with van der Waals surface area (Å²) >= 11 is 0. The fraction of sp³-hybridized carbons (Fsp3) is 0.750. The lowest BCUT2D eigenvalue weighted by atomic mass is 10.0. The predicted octanol–water partition coefficient (Wildman–Crippen LogP) is 7.37. The van der Waals surface area contributed by atoms with Gasteiger partial charge >= 0.3 is 5.97 Å². The molecule has 1 aromatic rings. The molecule has 0 aromatic heterocycles. The normalized spacial score (nSPS) is 12.1. The number of carbonyl (C=O) groups is 1. The fourth-order valence-electron chi connectivity index (χ4n) is 3.89. The van der Waals surface area contributed by atoms with Crippen molar-refractivity contribution in [3.05, 3.63) is 35.9 Å². The van der Waals surface area contributed by atoms with E-state index in [1.165, 1.54) is 83.5 Å². The minimum Gasteiger partial charge on any atom is -0.457 e. The molecule has 0 heterocycles. The van der Waals surface area contributed by atoms with Gasteiger partial charge in [-0.1, -0.05) is 127 Å². The Morgan fingerprint density at radius 1 is 0.781 bits per heavy atom. The average molecular weight is 449 g/mol. The van der Waals surface area contributed by atoms with E-state index in [0.717, 1.165) is 18.4 Å². The molecule has 184 valence electrons. The van der Waals surface area contributed by atoms with Gasteiger partial charge in [0.2, 0.25) is 0 Å². The van der Waals surface area contributed by atoms with Gasteiger partial charge in [0.05, 0.1) is 19.8 Å². The molecule has 0 aliphatic carbocycles. The first kappa shape index (κ1) is 28.6. The van der Waals surface area contributed by atoms with Crippen molar-refractivity contribution >= 4 is 5.97 Å². The summed E-state index contributed by atoms with van der Waals surface area (Å²) in [5.74, 6) is -0.234. The van der Waals surface area contributed by atoms with Crippen LogP contribution < -0.4 is 0 Å². The van der Waals surface area contributed by atoms with Crippen LogP contribution in [0.2, 0.25) is 0 Å². The third-order valence-corrected chi connectivity index (χ3v) is 5.90. The van der Waals surface area contributed by atoms with Crippen LogP contribution >= 0.6 is 0 Å². The Morgan fingerprint density at radius 2 is 1.28 bits per heavy atom. The number of benzene rings is 1. The SMILES string of the molecule is CCCCCCCCCCCCCCCCCC(=O)O[C@@H](CO)COCc1ccccc1. The minimum atomic E-state index is -0.581. The molecule has 0 unspecified atom stereocenters. The quantitative estimate of drug-likeness (QED) is 0.149. The summed E-state index contributed by atoms with van der Waals surface area (Å²) in [5.41, 5.74) is 1.06. The topological polar surface area (TPSA) is 55.8 Å². The number of aliphatic hydroxyl groups excluding tert-OH is 1. The number of ether oxygens (including phenoxy) is 2. The van der Waals surface area contributed by atoms with Crippen molar-refractivity contribution in [3.8, 4) is 0 Å². The van der Waals surface area contributed by atoms with E-state index in [-0.39, 0.29) is 19.2 Å². The van der Waals surface area contributed by atoms with Gasteiger partial charge in [0.1, 0.15) is 6.10 Å². The van der Waals surface area contributed by atoms with Crippen LogP contribution in [0.1, 0.15) is 115 Å². The van der Waals surface area contributed by atoms with Crippen molar-refractivity contribution < 1.29 is 19.4 Å². The van der Waals surface area contributed by atoms with E-state index in [2.05, 4.69) is 6.92 Å². The maximum atomic E-state index is 12.0. The van der Waals surface area contributed by atoms with E-state index in [9.17, 15) is 9.90 Å². The van der Waals surface area contributed by atoms with Crippen LogP contribution in [0, 0.1) is 0 Å². The molecule has 0 saturated carbocycles. The lowest BCUT2D eigenvalue weighted by Gasteiger charge is -2.16. The van der Waals surface area contributed by atoms with Crippen LogP contribution in [0.5, 0.6) is 0 Å². The molecular formula is C28H48O4. The molecular weight excluding hydrogens is 400 g/mol. The Bertz CT molecular complexity index is 531. The zero-order valence-electron chi connectivity index (χ0n) is 20.6. The lowest BCUT2D eigenvalue weighted by Crippen LogP contribution is -2.27. The smallest absolute Gasteiger partial charge is 0.306 e. The number of hydrogen-bond acceptors (Lipinski definition) is 4. The van der Waals surface area contributed by atoms with E-state index in [1.807, 2.05) is 30.3 Å². The molecule has 4 heteroatoms. The zero-order chi connectivity index (χ0) is 23.1. The second kappa shape index (κ2) is 21.5. The first-order valence-corrected chi connectivity index (χ1v) is 13.2. The molecule has 0 fully saturated rings. The number of esters is 1. The van der Waals surface area contributed by atoms with Crippen LogP contribution in [0.15, 0.2) is 30.3 Å². The molecule has 1 N–H and O–H groups in total. The predicted molar refractivity (Wildman–Crippen MR) is 133 cm³/mol. The second-order valence-corrected chi connectivity index (χ2v) is 8.99. The molecule has 0 spiro atoms. The Hall–Kier alpha value is -1.39. The third kappa shape index (κ3) is 17.2. The maximum absolute atomic E-state index is 12.0. The van der Waals surface area contributed by atoms with Gasteiger partial charge in [-0.25, -0.2) is 0 Å². The molecule has 0 bridgehead atoms. The molecule has 1 atom stereocenters. The van der Waals surface area contributed by atoms with Crippen molar-refractivity contribution in [2.75, 3.05) is 13.2 Å². The summed E-state index contributed by atoms with van der Waals surface area (Å²) in [6.07, 6.45) is 19.4. The van der Waals surface area contributed by atoms with Crippen LogP contribution in [0.4, 0.5) is 0 Å². The monoisotopic (exact) mass is 448 g/mol. The van der Waals surface area contributed by atoms with Crippen molar-refractivity contribution in [1.82, 2.24) is 0 Å². The highest BCUT2D eigenvalue weighted by Gasteiger charge is 2.13. The van der Waals surface area contributed by atoms with Crippen LogP contribution in [-0.4, -0.2) is 30.4 Å². The van der Waals surface area contributed by atoms with E-state index >= 15 is 0 Å². The fourth-order valence-corrected chi connectivity index (χ4v) is 3.89. The number of unbranched alkanes of at least 4 members (excludes halogenated alkanes) is 14. The highest BCUT2D eigenvalue weighted by molar-refractivity contribution is 5.69. The molecule has 0 amide bonds. The van der Waals surface area contributed by atoms with E-state index in [4.69, 9.17) is 9.47 Å². The number of aliphatic hydroxyl groups is 1. The van der Waals surface area contributed by atoms with E-state index < -0.39 is 6.10 Å². The largest absolute Gasteiger partial charge is 0.457 e. The van der Waals surface area contributed by atoms with Gasteiger partial charge in [0.15, 0.2) is 0 Å². The van der Waals surface area contributed by atoms with Gasteiger partial charge in [-0.15, -0.1) is 0 Å². The first-order valence-electron chi connectivity index (χ1n) is 13.2. The number of rotatable bonds is 22. The third-order valence-electron chi connectivity index (χ3n) is 5.90. The standard InChI is InChI=1S/C28H48O4/c1-2-3-4-5-6-7-8-9-10-11-12-13-14-15-19-22-28(30)32-27(23-29)25-31-24-26-20-17-16-18-21-26/h16-18,20-21,27,29H,2-15,19,22-25H2,1H3/t27-/m0/s1. The molecule has 4 nitrogen and oxygen atoms in total. The molecule has 32 heavy (non-hydrogen) atoms. The minimum absolute atomic E-state index is 0.209. The number of hydrogen-bond donors (Lipinski definition) is 1. The van der Waals surface area contributed by atoms with E-state index in [1.54, 1.807) is 0 Å².